The maximum atomic E-state index is 9.62. The monoisotopic (exact) mass is 247 g/mol. The first-order valence-electron chi connectivity index (χ1n) is 5.86. The molecule has 5 nitrogen and oxygen atoms in total. The van der Waals surface area contributed by atoms with Crippen LogP contribution in [0.15, 0.2) is 24.3 Å². The highest BCUT2D eigenvalue weighted by atomic mass is 16.6. The number of nitrogens with zero attached hydrogens (tertiary/aromatic N) is 1. The van der Waals surface area contributed by atoms with Gasteiger partial charge >= 0.3 is 0 Å². The van der Waals surface area contributed by atoms with Crippen LogP contribution in [-0.2, 0) is 9.47 Å². The first kappa shape index (κ1) is 11.5. The predicted molar refractivity (Wildman–Crippen MR) is 61.1 cm³/mol. The van der Waals surface area contributed by atoms with Crippen molar-refractivity contribution in [3.63, 3.8) is 0 Å². The Hall–Kier alpha value is -1.61. The van der Waals surface area contributed by atoms with Crippen LogP contribution in [-0.4, -0.2) is 42.7 Å². The van der Waals surface area contributed by atoms with E-state index in [4.69, 9.17) is 19.5 Å². The third-order valence-corrected chi connectivity index (χ3v) is 3.23. The second kappa shape index (κ2) is 4.58. The van der Waals surface area contributed by atoms with Gasteiger partial charge in [0, 0.05) is 0 Å². The average Bonchev–Trinajstić information content (AvgIpc) is 2.95. The highest BCUT2D eigenvalue weighted by molar-refractivity contribution is 5.36. The molecule has 4 atom stereocenters. The zero-order valence-corrected chi connectivity index (χ0v) is 9.65. The normalized spacial score (nSPS) is 34.0. The molecule has 0 saturated carbocycles. The van der Waals surface area contributed by atoms with Crippen molar-refractivity contribution in [1.82, 2.24) is 0 Å². The third kappa shape index (κ3) is 1.95. The van der Waals surface area contributed by atoms with Gasteiger partial charge in [-0.05, 0) is 18.2 Å². The van der Waals surface area contributed by atoms with Crippen LogP contribution in [0.4, 0.5) is 0 Å². The summed E-state index contributed by atoms with van der Waals surface area (Å²) in [5.74, 6) is 0.619. The van der Waals surface area contributed by atoms with Gasteiger partial charge in [-0.25, -0.2) is 0 Å². The van der Waals surface area contributed by atoms with Crippen LogP contribution in [0.25, 0.3) is 0 Å². The number of benzene rings is 1. The molecule has 2 heterocycles. The fourth-order valence-corrected chi connectivity index (χ4v) is 2.36. The summed E-state index contributed by atoms with van der Waals surface area (Å²) in [6.45, 7) is 0.677. The maximum absolute atomic E-state index is 9.62. The van der Waals surface area contributed by atoms with E-state index < -0.39 is 6.10 Å². The average molecular weight is 247 g/mol. The molecule has 2 aliphatic rings. The molecule has 0 amide bonds. The number of rotatable bonds is 2. The molecule has 1 N–H and O–H groups in total. The van der Waals surface area contributed by atoms with Gasteiger partial charge in [0.05, 0.1) is 24.8 Å². The van der Waals surface area contributed by atoms with Crippen LogP contribution < -0.4 is 4.74 Å². The van der Waals surface area contributed by atoms with Crippen LogP contribution in [0.2, 0.25) is 0 Å². The zero-order valence-electron chi connectivity index (χ0n) is 9.65. The standard InChI is InChI=1S/C13H13NO4/c14-5-8-2-1-3-9(4-8)18-11-7-17-12-10(15)6-16-13(11)12/h1-4,10-13,15H,6-7H2/t10-,11+,12-,13-/m1/s1. The van der Waals surface area contributed by atoms with Crippen LogP contribution in [0.5, 0.6) is 5.75 Å². The zero-order chi connectivity index (χ0) is 12.5. The molecule has 3 rings (SSSR count). The Morgan fingerprint density at radius 3 is 2.94 bits per heavy atom. The van der Waals surface area contributed by atoms with Gasteiger partial charge in [0.25, 0.3) is 0 Å². The molecule has 1 aromatic carbocycles. The van der Waals surface area contributed by atoms with E-state index in [1.807, 2.05) is 0 Å². The van der Waals surface area contributed by atoms with Gasteiger partial charge in [-0.2, -0.15) is 5.26 Å². The van der Waals surface area contributed by atoms with Crippen molar-refractivity contribution < 1.29 is 19.3 Å². The molecule has 2 saturated heterocycles. The summed E-state index contributed by atoms with van der Waals surface area (Å²) in [5, 5.41) is 18.4. The molecule has 0 aliphatic carbocycles. The topological polar surface area (TPSA) is 71.7 Å². The van der Waals surface area contributed by atoms with Gasteiger partial charge in [-0.1, -0.05) is 6.07 Å². The van der Waals surface area contributed by atoms with Crippen LogP contribution in [0.3, 0.4) is 0 Å². The Bertz CT molecular complexity index is 484. The highest BCUT2D eigenvalue weighted by Crippen LogP contribution is 2.29. The number of fused-ring (bicyclic) bond motifs is 1. The Morgan fingerprint density at radius 1 is 1.28 bits per heavy atom. The first-order valence-corrected chi connectivity index (χ1v) is 5.86. The minimum Gasteiger partial charge on any atom is -0.485 e. The second-order valence-electron chi connectivity index (χ2n) is 4.46. The summed E-state index contributed by atoms with van der Waals surface area (Å²) >= 11 is 0. The largest absolute Gasteiger partial charge is 0.485 e. The van der Waals surface area contributed by atoms with Crippen molar-refractivity contribution in [2.24, 2.45) is 0 Å². The van der Waals surface area contributed by atoms with Gasteiger partial charge < -0.3 is 19.3 Å². The molecule has 0 aromatic heterocycles. The summed E-state index contributed by atoms with van der Waals surface area (Å²) < 4.78 is 16.7. The number of nitriles is 1. The fraction of sp³-hybridized carbons (Fsp3) is 0.462. The number of aliphatic hydroxyl groups excluding tert-OH is 1. The lowest BCUT2D eigenvalue weighted by atomic mass is 10.1. The summed E-state index contributed by atoms with van der Waals surface area (Å²) in [7, 11) is 0. The summed E-state index contributed by atoms with van der Waals surface area (Å²) in [5.41, 5.74) is 0.551. The van der Waals surface area contributed by atoms with Crippen molar-refractivity contribution in [1.29, 1.82) is 5.26 Å². The van der Waals surface area contributed by atoms with Crippen LogP contribution in [0, 0.1) is 11.3 Å². The van der Waals surface area contributed by atoms with Gasteiger partial charge in [0.2, 0.25) is 0 Å². The van der Waals surface area contributed by atoms with E-state index in [1.165, 1.54) is 0 Å². The lowest BCUT2D eigenvalue weighted by molar-refractivity contribution is 0.00862. The lowest BCUT2D eigenvalue weighted by Gasteiger charge is -2.17. The van der Waals surface area contributed by atoms with E-state index in [0.29, 0.717) is 17.9 Å². The van der Waals surface area contributed by atoms with Gasteiger partial charge in [0.15, 0.2) is 6.10 Å². The van der Waals surface area contributed by atoms with Gasteiger partial charge in [0.1, 0.15) is 24.1 Å². The summed E-state index contributed by atoms with van der Waals surface area (Å²) in [4.78, 5) is 0. The Balaban J connectivity index is 1.72. The van der Waals surface area contributed by atoms with E-state index in [-0.39, 0.29) is 24.9 Å². The molecular weight excluding hydrogens is 234 g/mol. The molecule has 0 bridgehead atoms. The molecule has 0 unspecified atom stereocenters. The van der Waals surface area contributed by atoms with Gasteiger partial charge in [-0.3, -0.25) is 0 Å². The van der Waals surface area contributed by atoms with E-state index in [1.54, 1.807) is 24.3 Å². The van der Waals surface area contributed by atoms with E-state index >= 15 is 0 Å². The third-order valence-electron chi connectivity index (χ3n) is 3.23. The Morgan fingerprint density at radius 2 is 2.11 bits per heavy atom. The lowest BCUT2D eigenvalue weighted by Crippen LogP contribution is -2.34. The van der Waals surface area contributed by atoms with Gasteiger partial charge in [-0.15, -0.1) is 0 Å². The van der Waals surface area contributed by atoms with Crippen molar-refractivity contribution >= 4 is 0 Å². The van der Waals surface area contributed by atoms with E-state index in [0.717, 1.165) is 0 Å². The molecule has 5 heteroatoms. The minimum absolute atomic E-state index is 0.231. The van der Waals surface area contributed by atoms with Crippen molar-refractivity contribution in [3.05, 3.63) is 29.8 Å². The Labute approximate surface area is 105 Å². The molecular formula is C13H13NO4. The quantitative estimate of drug-likeness (QED) is 0.822. The highest BCUT2D eigenvalue weighted by Gasteiger charge is 2.48. The van der Waals surface area contributed by atoms with E-state index in [2.05, 4.69) is 6.07 Å². The van der Waals surface area contributed by atoms with Crippen molar-refractivity contribution in [3.8, 4) is 11.8 Å². The van der Waals surface area contributed by atoms with Crippen LogP contribution >= 0.6 is 0 Å². The number of ether oxygens (including phenoxy) is 3. The molecule has 2 fully saturated rings. The number of hydrogen-bond acceptors (Lipinski definition) is 5. The number of hydrogen-bond donors (Lipinski definition) is 1. The molecule has 0 radical (unpaired) electrons. The predicted octanol–water partition coefficient (Wildman–Crippen LogP) is 0.464. The molecule has 94 valence electrons. The molecule has 18 heavy (non-hydrogen) atoms. The molecule has 2 aliphatic heterocycles. The molecule has 1 aromatic rings. The number of aliphatic hydroxyl groups is 1. The minimum atomic E-state index is -0.575. The SMILES string of the molecule is N#Cc1cccc(O[C@H]2CO[C@H]3[C@@H]2OC[C@H]3O)c1. The van der Waals surface area contributed by atoms with Crippen molar-refractivity contribution in [2.45, 2.75) is 24.4 Å². The Kier molecular flexibility index (Phi) is 2.92. The van der Waals surface area contributed by atoms with Crippen LogP contribution in [0.1, 0.15) is 5.56 Å². The first-order chi connectivity index (χ1) is 8.78. The maximum Gasteiger partial charge on any atom is 0.151 e. The van der Waals surface area contributed by atoms with E-state index in [9.17, 15) is 5.11 Å². The summed E-state index contributed by atoms with van der Waals surface area (Å²) in [6, 6.07) is 9.02. The summed E-state index contributed by atoms with van der Waals surface area (Å²) in [6.07, 6.45) is -1.34. The molecule has 0 spiro atoms. The smallest absolute Gasteiger partial charge is 0.151 e. The fourth-order valence-electron chi connectivity index (χ4n) is 2.36. The van der Waals surface area contributed by atoms with Crippen molar-refractivity contribution in [2.75, 3.05) is 13.2 Å². The second-order valence-corrected chi connectivity index (χ2v) is 4.46.